The van der Waals surface area contributed by atoms with Gasteiger partial charge in [0, 0.05) is 0 Å². The summed E-state index contributed by atoms with van der Waals surface area (Å²) in [5.41, 5.74) is 0. The van der Waals surface area contributed by atoms with Crippen molar-refractivity contribution in [1.82, 2.24) is 0 Å². The van der Waals surface area contributed by atoms with Gasteiger partial charge in [-0.3, -0.25) is 0 Å². The molecule has 0 bridgehead atoms. The highest BCUT2D eigenvalue weighted by Gasteiger charge is 2.04. The first-order chi connectivity index (χ1) is 7.29. The Labute approximate surface area is 94.1 Å². The first kappa shape index (κ1) is 20.2. The molecule has 0 saturated carbocycles. The molecule has 0 atom stereocenters. The minimum absolute atomic E-state index is 0.938. The van der Waals surface area contributed by atoms with Crippen molar-refractivity contribution in [1.29, 1.82) is 0 Å². The van der Waals surface area contributed by atoms with Gasteiger partial charge in [-0.2, -0.15) is 0 Å². The maximum atomic E-state index is 9.41. The van der Waals surface area contributed by atoms with E-state index in [-0.39, 0.29) is 0 Å². The van der Waals surface area contributed by atoms with Crippen LogP contribution in [0, 0.1) is 0 Å². The fraction of sp³-hybridized carbons (Fsp3) is 0.200. The van der Waals surface area contributed by atoms with Crippen molar-refractivity contribution in [2.75, 3.05) is 6.26 Å². The van der Waals surface area contributed by atoms with Crippen molar-refractivity contribution in [2.45, 2.75) is 0 Å². The van der Waals surface area contributed by atoms with Crippen LogP contribution < -0.4 is 5.14 Å². The lowest BCUT2D eigenvalue weighted by molar-refractivity contribution is -0.159. The molecule has 0 radical (unpaired) electrons. The van der Waals surface area contributed by atoms with Crippen LogP contribution in [-0.2, 0) is 29.2 Å². The van der Waals surface area contributed by atoms with Crippen molar-refractivity contribution in [3.05, 3.63) is 0 Å². The van der Waals surface area contributed by atoms with E-state index >= 15 is 0 Å². The average Bonchev–Trinajstić information content (AvgIpc) is 2.01. The number of hydrogen-bond donors (Lipinski definition) is 5. The van der Waals surface area contributed by atoms with Crippen LogP contribution >= 0.6 is 0 Å². The summed E-state index contributed by atoms with van der Waals surface area (Å²) in [6.07, 6.45) is 0.938. The Morgan fingerprint density at radius 3 is 0.824 bits per heavy atom. The van der Waals surface area contributed by atoms with Gasteiger partial charge in [0.05, 0.1) is 6.26 Å². The highest BCUT2D eigenvalue weighted by atomic mass is 32.2. The molecule has 0 aliphatic heterocycles. The Balaban J connectivity index is -0.000000174. The minimum Gasteiger partial charge on any atom is -0.473 e. The highest BCUT2D eigenvalue weighted by molar-refractivity contribution is 7.88. The molecule has 6 N–H and O–H groups in total. The largest absolute Gasteiger partial charge is 0.473 e. The summed E-state index contributed by atoms with van der Waals surface area (Å²) in [5, 5.41) is 33.9. The van der Waals surface area contributed by atoms with E-state index in [0.29, 0.717) is 0 Å². The van der Waals surface area contributed by atoms with Gasteiger partial charge in [-0.25, -0.2) is 32.7 Å². The lowest BCUT2D eigenvalue weighted by atomic mass is 10.7. The van der Waals surface area contributed by atoms with Crippen LogP contribution in [0.3, 0.4) is 0 Å². The molecule has 0 amide bonds. The van der Waals surface area contributed by atoms with E-state index in [1.54, 1.807) is 0 Å². The van der Waals surface area contributed by atoms with E-state index in [1.807, 2.05) is 0 Å². The second kappa shape index (κ2) is 9.05. The van der Waals surface area contributed by atoms with Crippen LogP contribution in [0.5, 0.6) is 0 Å². The molecule has 0 aliphatic rings. The number of primary sulfonamides is 1. The number of aliphatic carboxylic acids is 4. The van der Waals surface area contributed by atoms with Crippen LogP contribution in [0.25, 0.3) is 0 Å². The summed E-state index contributed by atoms with van der Waals surface area (Å²) in [7, 11) is -3.17. The van der Waals surface area contributed by atoms with Gasteiger partial charge in [0.15, 0.2) is 0 Å². The standard InChI is InChI=1S/2C2H2O4.CH5NO2S/c2*3-1(4)2(5)6;1-5(2,3)4/h2*(H,3,4)(H,5,6);1H3,(H2,2,3,4). The number of nitrogens with two attached hydrogens (primary N) is 1. The Hall–Kier alpha value is -2.21. The van der Waals surface area contributed by atoms with Crippen molar-refractivity contribution < 1.29 is 48.0 Å². The summed E-state index contributed by atoms with van der Waals surface area (Å²) in [5.74, 6) is -7.30. The molecule has 17 heavy (non-hydrogen) atoms. The zero-order valence-electron chi connectivity index (χ0n) is 8.22. The number of carbonyl (C=O) groups is 4. The average molecular weight is 275 g/mol. The third-order valence-corrected chi connectivity index (χ3v) is 0.366. The van der Waals surface area contributed by atoms with Gasteiger partial charge in [-0.15, -0.1) is 0 Å². The summed E-state index contributed by atoms with van der Waals surface area (Å²) < 4.78 is 18.8. The molecule has 0 aromatic rings. The summed E-state index contributed by atoms with van der Waals surface area (Å²) in [6, 6.07) is 0. The van der Waals surface area contributed by atoms with Crippen LogP contribution in [-0.4, -0.2) is 59.0 Å². The van der Waals surface area contributed by atoms with Gasteiger partial charge in [-0.05, 0) is 0 Å². The van der Waals surface area contributed by atoms with Gasteiger partial charge in [0.1, 0.15) is 0 Å². The molecular formula is C5H9NO10S. The van der Waals surface area contributed by atoms with E-state index in [0.717, 1.165) is 6.26 Å². The molecule has 0 aromatic heterocycles. The molecule has 0 spiro atoms. The predicted molar refractivity (Wildman–Crippen MR) is 49.6 cm³/mol. The van der Waals surface area contributed by atoms with E-state index < -0.39 is 33.9 Å². The smallest absolute Gasteiger partial charge is 0.414 e. The zero-order chi connectivity index (χ0) is 14.8. The molecule has 12 heteroatoms. The number of carboxylic acids is 4. The number of carboxylic acid groups (broad SMARTS) is 4. The van der Waals surface area contributed by atoms with E-state index in [9.17, 15) is 8.42 Å². The van der Waals surface area contributed by atoms with Gasteiger partial charge in [-0.1, -0.05) is 0 Å². The van der Waals surface area contributed by atoms with Gasteiger partial charge in [0.25, 0.3) is 0 Å². The molecule has 11 nitrogen and oxygen atoms in total. The summed E-state index contributed by atoms with van der Waals surface area (Å²) >= 11 is 0. The number of hydrogen-bond acceptors (Lipinski definition) is 6. The van der Waals surface area contributed by atoms with Crippen LogP contribution in [0.2, 0.25) is 0 Å². The van der Waals surface area contributed by atoms with Crippen molar-refractivity contribution in [3.8, 4) is 0 Å². The first-order valence-corrected chi connectivity index (χ1v) is 5.14. The zero-order valence-corrected chi connectivity index (χ0v) is 9.04. The molecule has 100 valence electrons. The highest BCUT2D eigenvalue weighted by Crippen LogP contribution is 1.56. The number of rotatable bonds is 0. The van der Waals surface area contributed by atoms with Crippen molar-refractivity contribution in [3.63, 3.8) is 0 Å². The maximum absolute atomic E-state index is 9.41. The van der Waals surface area contributed by atoms with Crippen molar-refractivity contribution >= 4 is 33.9 Å². The fourth-order valence-corrected chi connectivity index (χ4v) is 0. The second-order valence-electron chi connectivity index (χ2n) is 2.05. The molecule has 0 aromatic carbocycles. The minimum atomic E-state index is -3.17. The Morgan fingerprint density at radius 1 is 0.765 bits per heavy atom. The van der Waals surface area contributed by atoms with Crippen LogP contribution in [0.4, 0.5) is 0 Å². The summed E-state index contributed by atoms with van der Waals surface area (Å²) in [6.45, 7) is 0. The monoisotopic (exact) mass is 275 g/mol. The number of sulfonamides is 1. The normalized spacial score (nSPS) is 8.59. The fourth-order valence-electron chi connectivity index (χ4n) is 0. The Morgan fingerprint density at radius 2 is 0.824 bits per heavy atom. The van der Waals surface area contributed by atoms with Gasteiger partial charge < -0.3 is 20.4 Å². The Kier molecular flexibility index (Phi) is 10.8. The maximum Gasteiger partial charge on any atom is 0.414 e. The first-order valence-electron chi connectivity index (χ1n) is 3.19. The molecule has 0 aliphatic carbocycles. The van der Waals surface area contributed by atoms with Crippen molar-refractivity contribution in [2.24, 2.45) is 5.14 Å². The SMILES string of the molecule is CS(N)(=O)=O.O=C(O)C(=O)O.O=C(O)C(=O)O. The third-order valence-electron chi connectivity index (χ3n) is 0.366. The van der Waals surface area contributed by atoms with Crippen LogP contribution in [0.1, 0.15) is 0 Å². The van der Waals surface area contributed by atoms with E-state index in [4.69, 9.17) is 39.6 Å². The Bertz CT molecular complexity index is 339. The molecule has 0 rings (SSSR count). The van der Waals surface area contributed by atoms with Gasteiger partial charge >= 0.3 is 23.9 Å². The van der Waals surface area contributed by atoms with Gasteiger partial charge in [0.2, 0.25) is 10.0 Å². The predicted octanol–water partition coefficient (Wildman–Crippen LogP) is -2.78. The molecule has 0 saturated heterocycles. The lowest BCUT2D eigenvalue weighted by Crippen LogP contribution is -2.09. The molecule has 0 unspecified atom stereocenters. The molecule has 0 fully saturated rings. The quantitative estimate of drug-likeness (QED) is 0.287. The topological polar surface area (TPSA) is 209 Å². The summed E-state index contributed by atoms with van der Waals surface area (Å²) in [4.78, 5) is 36.4. The molecule has 0 heterocycles. The molecular weight excluding hydrogens is 266 g/mol. The third kappa shape index (κ3) is 57.2. The van der Waals surface area contributed by atoms with E-state index in [1.165, 1.54) is 0 Å². The van der Waals surface area contributed by atoms with Crippen LogP contribution in [0.15, 0.2) is 0 Å². The second-order valence-corrected chi connectivity index (χ2v) is 3.71. The van der Waals surface area contributed by atoms with E-state index in [2.05, 4.69) is 5.14 Å². The lowest BCUT2D eigenvalue weighted by Gasteiger charge is -1.72.